The van der Waals surface area contributed by atoms with Gasteiger partial charge in [-0.3, -0.25) is 9.59 Å². The van der Waals surface area contributed by atoms with Gasteiger partial charge in [0.15, 0.2) is 5.69 Å². The zero-order chi connectivity index (χ0) is 23.5. The van der Waals surface area contributed by atoms with Crippen LogP contribution in [0.5, 0.6) is 5.75 Å². The molecule has 0 spiro atoms. The average molecular weight is 448 g/mol. The van der Waals surface area contributed by atoms with Gasteiger partial charge < -0.3 is 19.5 Å². The maximum absolute atomic E-state index is 13.3. The molecule has 3 aromatic rings. The van der Waals surface area contributed by atoms with E-state index >= 15 is 0 Å². The molecule has 33 heavy (non-hydrogen) atoms. The Morgan fingerprint density at radius 1 is 1.18 bits per heavy atom. The van der Waals surface area contributed by atoms with Crippen LogP contribution in [0.15, 0.2) is 53.1 Å². The van der Waals surface area contributed by atoms with Crippen LogP contribution in [-0.2, 0) is 19.4 Å². The summed E-state index contributed by atoms with van der Waals surface area (Å²) in [6.07, 6.45) is 1.53. The van der Waals surface area contributed by atoms with Gasteiger partial charge in [0.25, 0.3) is 11.8 Å². The second kappa shape index (κ2) is 9.48. The number of nitrogens with zero attached hydrogens (tertiary/aromatic N) is 2. The minimum atomic E-state index is -0.284. The third-order valence-corrected chi connectivity index (χ3v) is 5.78. The average Bonchev–Trinajstić information content (AvgIpc) is 3.39. The van der Waals surface area contributed by atoms with Crippen molar-refractivity contribution in [3.05, 3.63) is 76.7 Å². The number of fused-ring (bicyclic) bond motifs is 1. The molecule has 0 saturated heterocycles. The van der Waals surface area contributed by atoms with Crippen LogP contribution >= 0.6 is 0 Å². The van der Waals surface area contributed by atoms with Gasteiger partial charge in [-0.1, -0.05) is 31.1 Å². The molecule has 1 atom stereocenters. The van der Waals surface area contributed by atoms with E-state index in [2.05, 4.69) is 24.3 Å². The van der Waals surface area contributed by atoms with Crippen molar-refractivity contribution in [2.75, 3.05) is 12.0 Å². The van der Waals surface area contributed by atoms with Crippen molar-refractivity contribution in [3.8, 4) is 5.75 Å². The number of amides is 2. The Morgan fingerprint density at radius 2 is 1.94 bits per heavy atom. The van der Waals surface area contributed by atoms with Crippen LogP contribution in [0.25, 0.3) is 0 Å². The summed E-state index contributed by atoms with van der Waals surface area (Å²) >= 11 is 0. The number of carbonyl (C=O) groups excluding carboxylic acids is 2. The summed E-state index contributed by atoms with van der Waals surface area (Å²) in [4.78, 5) is 27.6. The molecule has 7 heteroatoms. The normalized spacial score (nSPS) is 14.9. The van der Waals surface area contributed by atoms with Gasteiger partial charge >= 0.3 is 0 Å². The van der Waals surface area contributed by atoms with Crippen LogP contribution in [0.4, 0.5) is 5.69 Å². The lowest BCUT2D eigenvalue weighted by molar-refractivity contribution is 0.0940. The monoisotopic (exact) mass is 447 g/mol. The van der Waals surface area contributed by atoms with Crippen molar-refractivity contribution in [2.24, 2.45) is 5.92 Å². The molecule has 4 rings (SSSR count). The van der Waals surface area contributed by atoms with E-state index in [4.69, 9.17) is 9.26 Å². The Hall–Kier alpha value is -3.61. The van der Waals surface area contributed by atoms with Gasteiger partial charge in [-0.15, -0.1) is 0 Å². The highest BCUT2D eigenvalue weighted by molar-refractivity contribution is 6.07. The number of ether oxygens (including phenoxy) is 1. The quantitative estimate of drug-likeness (QED) is 0.580. The fraction of sp³-hybridized carbons (Fsp3) is 0.346. The Bertz CT molecular complexity index is 1150. The Labute approximate surface area is 193 Å². The van der Waals surface area contributed by atoms with Crippen LogP contribution in [0.2, 0.25) is 0 Å². The van der Waals surface area contributed by atoms with Gasteiger partial charge in [0, 0.05) is 36.3 Å². The maximum Gasteiger partial charge on any atom is 0.273 e. The third kappa shape index (κ3) is 4.92. The summed E-state index contributed by atoms with van der Waals surface area (Å²) in [7, 11) is 1.60. The number of rotatable bonds is 7. The molecule has 2 aromatic carbocycles. The summed E-state index contributed by atoms with van der Waals surface area (Å²) in [5.74, 6) is 1.50. The van der Waals surface area contributed by atoms with Crippen molar-refractivity contribution in [2.45, 2.75) is 46.2 Å². The molecule has 0 bridgehead atoms. The minimum absolute atomic E-state index is 0.0500. The molecular weight excluding hydrogens is 418 g/mol. The molecule has 0 saturated carbocycles. The number of anilines is 1. The van der Waals surface area contributed by atoms with Crippen molar-refractivity contribution < 1.29 is 18.8 Å². The summed E-state index contributed by atoms with van der Waals surface area (Å²) in [5, 5.41) is 6.78. The molecule has 0 radical (unpaired) electrons. The number of nitrogens with one attached hydrogen (secondary N) is 1. The standard InChI is InChI=1S/C26H29N3O4/c1-16(2)11-22-14-23(28-33-22)25(30)27-15-18-5-6-20-12-17(3)29(24(20)13-18)26(31)19-7-9-21(32-4)10-8-19/h5-10,13-14,16-17H,11-12,15H2,1-4H3,(H,27,30). The van der Waals surface area contributed by atoms with Crippen LogP contribution in [-0.4, -0.2) is 30.1 Å². The molecule has 1 unspecified atom stereocenters. The van der Waals surface area contributed by atoms with E-state index in [1.807, 2.05) is 30.0 Å². The van der Waals surface area contributed by atoms with Gasteiger partial charge in [0.05, 0.1) is 7.11 Å². The number of hydrogen-bond acceptors (Lipinski definition) is 5. The van der Waals surface area contributed by atoms with Crippen molar-refractivity contribution in [1.29, 1.82) is 0 Å². The van der Waals surface area contributed by atoms with Crippen molar-refractivity contribution in [3.63, 3.8) is 0 Å². The zero-order valence-electron chi connectivity index (χ0n) is 19.4. The number of hydrogen-bond donors (Lipinski definition) is 1. The number of benzene rings is 2. The molecule has 7 nitrogen and oxygen atoms in total. The topological polar surface area (TPSA) is 84.7 Å². The first-order valence-electron chi connectivity index (χ1n) is 11.2. The Morgan fingerprint density at radius 3 is 2.64 bits per heavy atom. The van der Waals surface area contributed by atoms with Gasteiger partial charge in [-0.25, -0.2) is 0 Å². The van der Waals surface area contributed by atoms with E-state index in [9.17, 15) is 9.59 Å². The highest BCUT2D eigenvalue weighted by Gasteiger charge is 2.31. The molecule has 1 N–H and O–H groups in total. The summed E-state index contributed by atoms with van der Waals surface area (Å²) in [5.41, 5.74) is 3.80. The largest absolute Gasteiger partial charge is 0.497 e. The van der Waals surface area contributed by atoms with E-state index in [1.165, 1.54) is 0 Å². The highest BCUT2D eigenvalue weighted by Crippen LogP contribution is 2.34. The molecule has 1 aliphatic rings. The SMILES string of the molecule is COc1ccc(C(=O)N2c3cc(CNC(=O)c4cc(CC(C)C)on4)ccc3CC2C)cc1. The van der Waals surface area contributed by atoms with Crippen molar-refractivity contribution >= 4 is 17.5 Å². The zero-order valence-corrected chi connectivity index (χ0v) is 19.4. The molecule has 2 heterocycles. The van der Waals surface area contributed by atoms with Crippen LogP contribution < -0.4 is 15.0 Å². The van der Waals surface area contributed by atoms with Crippen molar-refractivity contribution in [1.82, 2.24) is 10.5 Å². The molecular formula is C26H29N3O4. The number of methoxy groups -OCH3 is 1. The molecule has 1 aromatic heterocycles. The van der Waals surface area contributed by atoms with Crippen LogP contribution in [0.1, 0.15) is 58.5 Å². The lowest BCUT2D eigenvalue weighted by atomic mass is 10.1. The molecule has 2 amide bonds. The van der Waals surface area contributed by atoms with Crippen LogP contribution in [0.3, 0.4) is 0 Å². The predicted molar refractivity (Wildman–Crippen MR) is 126 cm³/mol. The van der Waals surface area contributed by atoms with Gasteiger partial charge in [-0.05, 0) is 60.7 Å². The van der Waals surface area contributed by atoms with E-state index in [-0.39, 0.29) is 23.6 Å². The minimum Gasteiger partial charge on any atom is -0.497 e. The Balaban J connectivity index is 1.47. The van der Waals surface area contributed by atoms with E-state index in [1.54, 1.807) is 37.4 Å². The third-order valence-electron chi connectivity index (χ3n) is 5.78. The van der Waals surface area contributed by atoms with E-state index < -0.39 is 0 Å². The van der Waals surface area contributed by atoms with Gasteiger partial charge in [0.1, 0.15) is 11.5 Å². The highest BCUT2D eigenvalue weighted by atomic mass is 16.5. The predicted octanol–water partition coefficient (Wildman–Crippen LogP) is 4.40. The summed E-state index contributed by atoms with van der Waals surface area (Å²) in [6.45, 7) is 6.54. The molecule has 172 valence electrons. The first kappa shape index (κ1) is 22.6. The first-order valence-corrected chi connectivity index (χ1v) is 11.2. The first-order chi connectivity index (χ1) is 15.9. The molecule has 0 aliphatic carbocycles. The lowest BCUT2D eigenvalue weighted by Crippen LogP contribution is -2.35. The number of aromatic nitrogens is 1. The fourth-order valence-corrected chi connectivity index (χ4v) is 4.14. The number of carbonyl (C=O) groups is 2. The summed E-state index contributed by atoms with van der Waals surface area (Å²) < 4.78 is 10.4. The second-order valence-corrected chi connectivity index (χ2v) is 8.88. The maximum atomic E-state index is 13.3. The van der Waals surface area contributed by atoms with Gasteiger partial charge in [-0.2, -0.15) is 0 Å². The van der Waals surface area contributed by atoms with E-state index in [0.29, 0.717) is 29.5 Å². The fourth-order valence-electron chi connectivity index (χ4n) is 4.14. The second-order valence-electron chi connectivity index (χ2n) is 8.88. The van der Waals surface area contributed by atoms with Gasteiger partial charge in [0.2, 0.25) is 0 Å². The summed E-state index contributed by atoms with van der Waals surface area (Å²) in [6, 6.07) is 14.9. The van der Waals surface area contributed by atoms with E-state index in [0.717, 1.165) is 29.7 Å². The Kier molecular flexibility index (Phi) is 6.49. The molecule has 1 aliphatic heterocycles. The lowest BCUT2D eigenvalue weighted by Gasteiger charge is -2.23. The molecule has 0 fully saturated rings. The smallest absolute Gasteiger partial charge is 0.273 e. The van der Waals surface area contributed by atoms with Crippen LogP contribution in [0, 0.1) is 5.92 Å².